The number of nitrogens with zero attached hydrogens (tertiary/aromatic N) is 4. The number of fused-ring (bicyclic) bond motifs is 9. The molecule has 4 aromatic rings. The van der Waals surface area contributed by atoms with Crippen molar-refractivity contribution in [2.75, 3.05) is 82.0 Å². The minimum Gasteiger partial charge on any atom is -0.497 e. The van der Waals surface area contributed by atoms with E-state index in [1.807, 2.05) is 19.1 Å². The standard InChI is InChI=1S/C38H50F2N6O8.C33H40N2O9/c1-3-4-5-6-14-32(47)42-27(20-24-18-25(39)21-26(40)19-24)33(48)43-28-22-54-38(53)31-13-10-17-46(31)35(50)23(2)41-34(49)29-11-7-8-15-44(29)37(52)30-12-9-16-45(30)36(28)51;1-38-19-7-8-20-21-9-10-35-16-18-13-27(44-32(36)17-11-25(39-2)30(41-4)26(12-17)40-3)31(42-5)28(33(37)43-6)22(18)15-24(35)29(21)34-23(20)14-19/h6,14,18-19,21,23,27-31H,3-5,7-13,15-17,20,22H2,1-2H3,(H,41,49)(H,42,47)(H,43,48);7-8,11-12,14,18,22,24,27-28,31,34H,9-10,13,15-16H2,1-6H3/b14-6+;/t23-,27-,28-,29-,30-,31-;18-,22+,24-,27-,28+,31+/m01/s1. The molecule has 530 valence electrons. The number of benzene rings is 3. The number of esters is 3. The Labute approximate surface area is 568 Å². The predicted octanol–water partition coefficient (Wildman–Crippen LogP) is 5.82. The maximum absolute atomic E-state index is 14.4. The smallest absolute Gasteiger partial charge is 0.338 e. The largest absolute Gasteiger partial charge is 0.497 e. The molecule has 25 nitrogen and oxygen atoms in total. The molecule has 7 heterocycles. The highest BCUT2D eigenvalue weighted by atomic mass is 19.1. The molecule has 0 spiro atoms. The van der Waals surface area contributed by atoms with E-state index in [1.165, 1.54) is 72.8 Å². The van der Waals surface area contributed by atoms with Crippen LogP contribution in [0.25, 0.3) is 10.9 Å². The van der Waals surface area contributed by atoms with E-state index in [2.05, 4.69) is 31.9 Å². The number of methoxy groups -OCH3 is 6. The number of carbonyl (C=O) groups is 9. The topological polar surface area (TPSA) is 292 Å². The van der Waals surface area contributed by atoms with Crippen LogP contribution in [0.5, 0.6) is 23.0 Å². The Morgan fingerprint density at radius 1 is 0.755 bits per heavy atom. The Bertz CT molecular complexity index is 3610. The lowest BCUT2D eigenvalue weighted by Gasteiger charge is -2.52. The number of nitrogens with one attached hydrogen (secondary N) is 4. The lowest BCUT2D eigenvalue weighted by Crippen LogP contribution is -2.62. The first-order valence-electron chi connectivity index (χ1n) is 33.9. The van der Waals surface area contributed by atoms with Gasteiger partial charge in [-0.25, -0.2) is 18.4 Å². The molecule has 1 aromatic heterocycles. The van der Waals surface area contributed by atoms with Crippen LogP contribution in [0, 0.1) is 29.4 Å². The number of amides is 6. The zero-order valence-electron chi connectivity index (χ0n) is 56.8. The Hall–Kier alpha value is -8.85. The van der Waals surface area contributed by atoms with Crippen LogP contribution in [0.2, 0.25) is 0 Å². The average molecular weight is 1370 g/mol. The van der Waals surface area contributed by atoms with Gasteiger partial charge in [-0.05, 0) is 143 Å². The second-order valence-corrected chi connectivity index (χ2v) is 26.1. The highest BCUT2D eigenvalue weighted by molar-refractivity contribution is 5.99. The maximum atomic E-state index is 14.4. The van der Waals surface area contributed by atoms with E-state index in [0.29, 0.717) is 68.3 Å². The fourth-order valence-corrected chi connectivity index (χ4v) is 15.4. The van der Waals surface area contributed by atoms with Crippen molar-refractivity contribution in [2.24, 2.45) is 17.8 Å². The maximum Gasteiger partial charge on any atom is 0.338 e. The Morgan fingerprint density at radius 2 is 1.44 bits per heavy atom. The number of hydrogen-bond donors (Lipinski definition) is 4. The van der Waals surface area contributed by atoms with Crippen molar-refractivity contribution in [3.05, 3.63) is 94.7 Å². The summed E-state index contributed by atoms with van der Waals surface area (Å²) in [6.45, 7) is 5.19. The van der Waals surface area contributed by atoms with Crippen LogP contribution in [0.4, 0.5) is 8.78 Å². The van der Waals surface area contributed by atoms with Crippen molar-refractivity contribution in [3.63, 3.8) is 0 Å². The number of piperidine rings is 2. The number of rotatable bonds is 17. The van der Waals surface area contributed by atoms with E-state index in [0.717, 1.165) is 62.2 Å². The van der Waals surface area contributed by atoms with Crippen LogP contribution in [0.3, 0.4) is 0 Å². The summed E-state index contributed by atoms with van der Waals surface area (Å²) in [5.74, 6) is -5.87. The van der Waals surface area contributed by atoms with Gasteiger partial charge in [0.15, 0.2) is 11.5 Å². The third-order valence-electron chi connectivity index (χ3n) is 20.2. The van der Waals surface area contributed by atoms with Crippen molar-refractivity contribution < 1.29 is 89.8 Å². The Kier molecular flexibility index (Phi) is 23.6. The lowest BCUT2D eigenvalue weighted by atomic mass is 9.63. The number of H-pyrrole nitrogens is 1. The Morgan fingerprint density at radius 3 is 2.11 bits per heavy atom. The molecule has 5 saturated heterocycles. The number of halogens is 2. The zero-order valence-corrected chi connectivity index (χ0v) is 56.8. The van der Waals surface area contributed by atoms with Gasteiger partial charge in [-0.2, -0.15) is 0 Å². The molecule has 1 saturated carbocycles. The van der Waals surface area contributed by atoms with Gasteiger partial charge in [-0.1, -0.05) is 25.8 Å². The van der Waals surface area contributed by atoms with Crippen molar-refractivity contribution in [1.29, 1.82) is 0 Å². The molecule has 11 rings (SSSR count). The second-order valence-electron chi connectivity index (χ2n) is 26.1. The molecule has 3 aromatic carbocycles. The van der Waals surface area contributed by atoms with Crippen molar-refractivity contribution in [1.82, 2.24) is 40.5 Å². The van der Waals surface area contributed by atoms with E-state index in [1.54, 1.807) is 32.4 Å². The molecule has 0 bridgehead atoms. The summed E-state index contributed by atoms with van der Waals surface area (Å²) in [4.78, 5) is 133. The van der Waals surface area contributed by atoms with E-state index in [-0.39, 0.29) is 73.9 Å². The Balaban J connectivity index is 0.000000216. The molecule has 0 unspecified atom stereocenters. The first-order valence-corrected chi connectivity index (χ1v) is 33.9. The van der Waals surface area contributed by atoms with Gasteiger partial charge in [0, 0.05) is 75.0 Å². The van der Waals surface area contributed by atoms with Crippen LogP contribution in [0.15, 0.2) is 60.7 Å². The molecule has 7 aliphatic rings. The molecule has 4 N–H and O–H groups in total. The molecule has 12 atom stereocenters. The molecular formula is C71H90F2N8O17. The third kappa shape index (κ3) is 15.7. The fraction of sp³-hybridized carbons (Fsp3) is 0.563. The lowest BCUT2D eigenvalue weighted by molar-refractivity contribution is -0.176. The molecular weight excluding hydrogens is 1270 g/mol. The van der Waals surface area contributed by atoms with E-state index >= 15 is 0 Å². The monoisotopic (exact) mass is 1360 g/mol. The summed E-state index contributed by atoms with van der Waals surface area (Å²) in [6, 6.07) is 5.31. The van der Waals surface area contributed by atoms with Gasteiger partial charge >= 0.3 is 17.9 Å². The number of aromatic nitrogens is 1. The van der Waals surface area contributed by atoms with Crippen LogP contribution < -0.4 is 34.9 Å². The molecule has 6 amide bonds. The predicted molar refractivity (Wildman–Crippen MR) is 351 cm³/mol. The molecule has 0 radical (unpaired) electrons. The minimum absolute atomic E-state index is 0.0170. The first kappa shape index (κ1) is 71.9. The number of cyclic esters (lactones) is 1. The van der Waals surface area contributed by atoms with Crippen molar-refractivity contribution >= 4 is 64.3 Å². The number of aromatic amines is 1. The first-order chi connectivity index (χ1) is 47.2. The highest BCUT2D eigenvalue weighted by Gasteiger charge is 2.55. The number of carbonyl (C=O) groups excluding carboxylic acids is 9. The normalized spacial score (nSPS) is 26.2. The summed E-state index contributed by atoms with van der Waals surface area (Å²) in [6.07, 6.45) is 8.99. The van der Waals surface area contributed by atoms with Gasteiger partial charge in [0.1, 0.15) is 72.4 Å². The highest BCUT2D eigenvalue weighted by Crippen LogP contribution is 2.51. The van der Waals surface area contributed by atoms with E-state index in [4.69, 9.17) is 37.9 Å². The number of ether oxygens (including phenoxy) is 8. The van der Waals surface area contributed by atoms with Gasteiger partial charge in [-0.3, -0.25) is 38.5 Å². The molecule has 6 fully saturated rings. The summed E-state index contributed by atoms with van der Waals surface area (Å²) in [7, 11) is 9.10. The van der Waals surface area contributed by atoms with Gasteiger partial charge in [0.25, 0.3) is 0 Å². The van der Waals surface area contributed by atoms with Crippen LogP contribution in [-0.2, 0) is 70.1 Å². The minimum atomic E-state index is -1.54. The fourth-order valence-electron chi connectivity index (χ4n) is 15.4. The quantitative estimate of drug-likeness (QED) is 0.0419. The van der Waals surface area contributed by atoms with Gasteiger partial charge in [0.05, 0.1) is 53.1 Å². The van der Waals surface area contributed by atoms with Gasteiger partial charge in [0.2, 0.25) is 41.2 Å². The van der Waals surface area contributed by atoms with Crippen molar-refractivity contribution in [2.45, 2.75) is 158 Å². The summed E-state index contributed by atoms with van der Waals surface area (Å²) in [5.41, 5.74) is 3.89. The molecule has 1 aliphatic carbocycles. The van der Waals surface area contributed by atoms with E-state index < -0.39 is 120 Å². The number of hydrogen-bond acceptors (Lipinski definition) is 18. The third-order valence-corrected chi connectivity index (χ3v) is 20.2. The summed E-state index contributed by atoms with van der Waals surface area (Å²) >= 11 is 0. The summed E-state index contributed by atoms with van der Waals surface area (Å²) in [5, 5.41) is 9.10. The molecule has 98 heavy (non-hydrogen) atoms. The number of unbranched alkanes of at least 4 members (excludes halogenated alkanes) is 2. The molecule has 27 heteroatoms. The zero-order chi connectivity index (χ0) is 70.1. The molecule has 6 aliphatic heterocycles. The average Bonchev–Trinajstić information content (AvgIpc) is 1.38. The van der Waals surface area contributed by atoms with Crippen LogP contribution >= 0.6 is 0 Å². The summed E-state index contributed by atoms with van der Waals surface area (Å²) < 4.78 is 73.1. The van der Waals surface area contributed by atoms with Crippen LogP contribution in [0.1, 0.15) is 124 Å². The SMILES string of the molecule is CCCC/C=C/C(=O)N[C@@H](Cc1cc(F)cc(F)c1)C(=O)N[C@H]1COC(=O)[C@@H]2CCCN2C(=O)[C@H](C)NC(=O)[C@@H]2CCCCN2C(=O)[C@@H]2CCCN2C1=O.COC(=O)[C@H]1[C@H]2C[C@@H]3c4[nH]c5cc(OC)ccc5c4CCN3C[C@H]2C[C@@H](OC(=O)c2cc(OC)c(OC)c(OC)c2)[C@@H]1OC. The second kappa shape index (κ2) is 32.2. The number of allylic oxidation sites excluding steroid dienone is 1. The van der Waals surface area contributed by atoms with Crippen molar-refractivity contribution in [3.8, 4) is 23.0 Å². The van der Waals surface area contributed by atoms with E-state index in [9.17, 15) is 51.9 Å². The van der Waals surface area contributed by atoms with Gasteiger partial charge in [-0.15, -0.1) is 0 Å². The van der Waals surface area contributed by atoms with Gasteiger partial charge < -0.3 is 73.5 Å². The van der Waals surface area contributed by atoms with Crippen LogP contribution in [-0.4, -0.2) is 208 Å².